The van der Waals surface area contributed by atoms with Crippen molar-refractivity contribution in [1.82, 2.24) is 10.6 Å². The van der Waals surface area contributed by atoms with Crippen LogP contribution in [0.2, 0.25) is 0 Å². The number of ether oxygens (including phenoxy) is 2. The Morgan fingerprint density at radius 2 is 1.74 bits per heavy atom. The normalized spacial score (nSPS) is 13.8. The average Bonchev–Trinajstić information content (AvgIpc) is 2.68. The second kappa shape index (κ2) is 13.3. The molecule has 0 spiro atoms. The number of rotatable bonds is 12. The monoisotopic (exact) mass is 379 g/mol. The molecule has 0 radical (unpaired) electrons. The lowest BCUT2D eigenvalue weighted by atomic mass is 10.1. The van der Waals surface area contributed by atoms with Gasteiger partial charge in [0.25, 0.3) is 0 Å². The van der Waals surface area contributed by atoms with Crippen molar-refractivity contribution < 1.29 is 14.6 Å². The quantitative estimate of drug-likeness (QED) is 0.383. The Morgan fingerprint density at radius 3 is 2.33 bits per heavy atom. The summed E-state index contributed by atoms with van der Waals surface area (Å²) in [5, 5.41) is 15.9. The molecule has 0 fully saturated rings. The molecule has 1 aromatic rings. The maximum atomic E-state index is 9.19. The molecule has 0 amide bonds. The Morgan fingerprint density at radius 1 is 1.07 bits per heavy atom. The Bertz CT molecular complexity index is 564. The number of hydrogen-bond donors (Lipinski definition) is 3. The van der Waals surface area contributed by atoms with Gasteiger partial charge in [-0.25, -0.2) is 0 Å². The summed E-state index contributed by atoms with van der Waals surface area (Å²) < 4.78 is 11.7. The lowest BCUT2D eigenvalue weighted by Crippen LogP contribution is -2.39. The molecule has 1 aromatic carbocycles. The number of aliphatic hydroxyl groups excluding tert-OH is 1. The fraction of sp³-hybridized carbons (Fsp3) is 0.667. The third-order valence-electron chi connectivity index (χ3n) is 3.96. The van der Waals surface area contributed by atoms with Crippen molar-refractivity contribution in [2.24, 2.45) is 10.9 Å². The minimum Gasteiger partial charge on any atom is -0.490 e. The van der Waals surface area contributed by atoms with Crippen LogP contribution in [0.25, 0.3) is 0 Å². The van der Waals surface area contributed by atoms with Crippen molar-refractivity contribution in [3.8, 4) is 11.5 Å². The van der Waals surface area contributed by atoms with E-state index < -0.39 is 0 Å². The standard InChI is InChI=1S/C21H37N3O3/c1-6-11-26-19-10-9-18(13-20(19)27-12-7-2)17(5)24-21(22-8-3)23-14-16(4)15-25/h9-10,13,16-17,25H,6-8,11-12,14-15H2,1-5H3,(H2,22,23,24). The van der Waals surface area contributed by atoms with Crippen LogP contribution in [0, 0.1) is 5.92 Å². The predicted octanol–water partition coefficient (Wildman–Crippen LogP) is 3.51. The van der Waals surface area contributed by atoms with E-state index in [1.54, 1.807) is 0 Å². The average molecular weight is 380 g/mol. The number of benzene rings is 1. The van der Waals surface area contributed by atoms with Crippen LogP contribution >= 0.6 is 0 Å². The van der Waals surface area contributed by atoms with Gasteiger partial charge in [0.15, 0.2) is 17.5 Å². The maximum Gasteiger partial charge on any atom is 0.191 e. The molecule has 2 unspecified atom stereocenters. The van der Waals surface area contributed by atoms with Crippen molar-refractivity contribution in [2.75, 3.05) is 32.9 Å². The number of nitrogens with one attached hydrogen (secondary N) is 2. The van der Waals surface area contributed by atoms with Crippen LogP contribution in [0.3, 0.4) is 0 Å². The van der Waals surface area contributed by atoms with Crippen molar-refractivity contribution >= 4 is 5.96 Å². The molecule has 0 saturated carbocycles. The van der Waals surface area contributed by atoms with Gasteiger partial charge in [-0.2, -0.15) is 0 Å². The SMILES string of the molecule is CCCOc1ccc(C(C)NC(=NCC(C)CO)NCC)cc1OCCC. The summed E-state index contributed by atoms with van der Waals surface area (Å²) in [5.74, 6) is 2.46. The Balaban J connectivity index is 2.90. The van der Waals surface area contributed by atoms with Crippen LogP contribution in [0.5, 0.6) is 11.5 Å². The van der Waals surface area contributed by atoms with Gasteiger partial charge in [-0.15, -0.1) is 0 Å². The first-order valence-corrected chi connectivity index (χ1v) is 10.1. The highest BCUT2D eigenvalue weighted by atomic mass is 16.5. The summed E-state index contributed by atoms with van der Waals surface area (Å²) in [6, 6.07) is 6.13. The summed E-state index contributed by atoms with van der Waals surface area (Å²) in [6.45, 7) is 13.1. The van der Waals surface area contributed by atoms with E-state index >= 15 is 0 Å². The van der Waals surface area contributed by atoms with Gasteiger partial charge in [-0.1, -0.05) is 26.8 Å². The van der Waals surface area contributed by atoms with Gasteiger partial charge >= 0.3 is 0 Å². The fourth-order valence-corrected chi connectivity index (χ4v) is 2.36. The molecule has 0 bridgehead atoms. The van der Waals surface area contributed by atoms with Gasteiger partial charge in [0.1, 0.15) is 0 Å². The lowest BCUT2D eigenvalue weighted by Gasteiger charge is -2.20. The highest BCUT2D eigenvalue weighted by molar-refractivity contribution is 5.80. The van der Waals surface area contributed by atoms with E-state index in [9.17, 15) is 5.11 Å². The van der Waals surface area contributed by atoms with Gasteiger partial charge in [0, 0.05) is 19.7 Å². The Hall–Kier alpha value is -1.95. The van der Waals surface area contributed by atoms with E-state index in [1.807, 2.05) is 26.0 Å². The molecule has 6 heteroatoms. The maximum absolute atomic E-state index is 9.19. The molecule has 6 nitrogen and oxygen atoms in total. The lowest BCUT2D eigenvalue weighted by molar-refractivity contribution is 0.241. The van der Waals surface area contributed by atoms with Crippen LogP contribution in [0.4, 0.5) is 0 Å². The number of hydrogen-bond acceptors (Lipinski definition) is 4. The largest absolute Gasteiger partial charge is 0.490 e. The summed E-state index contributed by atoms with van der Waals surface area (Å²) in [6.07, 6.45) is 1.91. The number of aliphatic hydroxyl groups is 1. The van der Waals surface area contributed by atoms with Gasteiger partial charge in [-0.3, -0.25) is 4.99 Å². The first kappa shape index (κ1) is 23.1. The van der Waals surface area contributed by atoms with Gasteiger partial charge in [0.2, 0.25) is 0 Å². The first-order chi connectivity index (χ1) is 13.0. The molecule has 0 aromatic heterocycles. The molecule has 3 N–H and O–H groups in total. The number of guanidine groups is 1. The van der Waals surface area contributed by atoms with Crippen LogP contribution < -0.4 is 20.1 Å². The topological polar surface area (TPSA) is 75.1 Å². The molecule has 0 aliphatic heterocycles. The highest BCUT2D eigenvalue weighted by Gasteiger charge is 2.13. The third-order valence-corrected chi connectivity index (χ3v) is 3.96. The second-order valence-electron chi connectivity index (χ2n) is 6.78. The minimum atomic E-state index is 0.0523. The summed E-state index contributed by atoms with van der Waals surface area (Å²) in [7, 11) is 0. The smallest absolute Gasteiger partial charge is 0.191 e. The van der Waals surface area contributed by atoms with Crippen molar-refractivity contribution in [3.63, 3.8) is 0 Å². The molecule has 2 atom stereocenters. The van der Waals surface area contributed by atoms with E-state index in [-0.39, 0.29) is 18.6 Å². The highest BCUT2D eigenvalue weighted by Crippen LogP contribution is 2.31. The summed E-state index contributed by atoms with van der Waals surface area (Å²) in [5.41, 5.74) is 1.10. The van der Waals surface area contributed by atoms with Crippen LogP contribution in [0.1, 0.15) is 59.1 Å². The molecule has 1 rings (SSSR count). The van der Waals surface area contributed by atoms with Gasteiger partial charge < -0.3 is 25.2 Å². The van der Waals surface area contributed by atoms with Crippen LogP contribution in [-0.4, -0.2) is 44.0 Å². The molecule has 0 aliphatic rings. The zero-order valence-electron chi connectivity index (χ0n) is 17.5. The first-order valence-electron chi connectivity index (χ1n) is 10.1. The van der Waals surface area contributed by atoms with E-state index in [4.69, 9.17) is 9.47 Å². The van der Waals surface area contributed by atoms with Crippen molar-refractivity contribution in [3.05, 3.63) is 23.8 Å². The number of aliphatic imine (C=N–C) groups is 1. The summed E-state index contributed by atoms with van der Waals surface area (Å²) >= 11 is 0. The molecule has 0 aliphatic carbocycles. The zero-order valence-corrected chi connectivity index (χ0v) is 17.5. The molecule has 0 heterocycles. The molecule has 27 heavy (non-hydrogen) atoms. The minimum absolute atomic E-state index is 0.0523. The van der Waals surface area contributed by atoms with E-state index in [1.165, 1.54) is 0 Å². The molecule has 154 valence electrons. The Labute approximate surface area is 164 Å². The van der Waals surface area contributed by atoms with Crippen molar-refractivity contribution in [1.29, 1.82) is 0 Å². The fourth-order valence-electron chi connectivity index (χ4n) is 2.36. The van der Waals surface area contributed by atoms with Crippen molar-refractivity contribution in [2.45, 2.75) is 53.5 Å². The van der Waals surface area contributed by atoms with Crippen LogP contribution in [0.15, 0.2) is 23.2 Å². The van der Waals surface area contributed by atoms with Gasteiger partial charge in [-0.05, 0) is 50.3 Å². The van der Waals surface area contributed by atoms with Crippen LogP contribution in [-0.2, 0) is 0 Å². The van der Waals surface area contributed by atoms with E-state index in [2.05, 4.69) is 42.5 Å². The van der Waals surface area contributed by atoms with Gasteiger partial charge in [0.05, 0.1) is 19.3 Å². The van der Waals surface area contributed by atoms with E-state index in [0.29, 0.717) is 19.8 Å². The second-order valence-corrected chi connectivity index (χ2v) is 6.78. The predicted molar refractivity (Wildman–Crippen MR) is 112 cm³/mol. The zero-order chi connectivity index (χ0) is 20.1. The number of nitrogens with zero attached hydrogens (tertiary/aromatic N) is 1. The third kappa shape index (κ3) is 8.52. The summed E-state index contributed by atoms with van der Waals surface area (Å²) in [4.78, 5) is 4.56. The van der Waals surface area contributed by atoms with E-state index in [0.717, 1.165) is 42.4 Å². The molecular weight excluding hydrogens is 342 g/mol. The molecule has 0 saturated heterocycles. The Kier molecular flexibility index (Phi) is 11.3. The molecular formula is C21H37N3O3.